The van der Waals surface area contributed by atoms with Gasteiger partial charge in [0.15, 0.2) is 0 Å². The fourth-order valence-electron chi connectivity index (χ4n) is 2.83. The quantitative estimate of drug-likeness (QED) is 0.620. The molecule has 4 rings (SSSR count). The molecule has 0 saturated heterocycles. The first-order valence-electron chi connectivity index (χ1n) is 7.90. The van der Waals surface area contributed by atoms with E-state index in [0.717, 1.165) is 28.0 Å². The third-order valence-corrected chi connectivity index (χ3v) is 3.96. The number of benzene rings is 2. The molecule has 126 valence electrons. The summed E-state index contributed by atoms with van der Waals surface area (Å²) in [7, 11) is 3.56. The maximum absolute atomic E-state index is 5.53. The largest absolute Gasteiger partial charge is 0.494 e. The molecular formula is C18H18N6O. The summed E-state index contributed by atoms with van der Waals surface area (Å²) in [5, 5.41) is 13.4. The second-order valence-corrected chi connectivity index (χ2v) is 5.79. The van der Waals surface area contributed by atoms with Crippen molar-refractivity contribution >= 4 is 22.3 Å². The summed E-state index contributed by atoms with van der Waals surface area (Å²) in [4.78, 5) is 4.17. The van der Waals surface area contributed by atoms with Crippen LogP contribution in [0.25, 0.3) is 16.6 Å². The zero-order chi connectivity index (χ0) is 17.4. The highest BCUT2D eigenvalue weighted by molar-refractivity contribution is 5.92. The average Bonchev–Trinajstić information content (AvgIpc) is 3.20. The van der Waals surface area contributed by atoms with Crippen LogP contribution >= 0.6 is 0 Å². The van der Waals surface area contributed by atoms with E-state index in [4.69, 9.17) is 4.74 Å². The minimum atomic E-state index is 0.711. The molecule has 0 atom stereocenters. The van der Waals surface area contributed by atoms with Gasteiger partial charge in [-0.05, 0) is 25.1 Å². The molecule has 0 radical (unpaired) electrons. The minimum Gasteiger partial charge on any atom is -0.494 e. The van der Waals surface area contributed by atoms with Crippen LogP contribution in [-0.2, 0) is 7.05 Å². The molecule has 7 heteroatoms. The third-order valence-electron chi connectivity index (χ3n) is 3.96. The number of nitrogens with one attached hydrogen (secondary N) is 1. The Morgan fingerprint density at radius 3 is 2.76 bits per heavy atom. The van der Waals surface area contributed by atoms with Crippen LogP contribution in [0.3, 0.4) is 0 Å². The summed E-state index contributed by atoms with van der Waals surface area (Å²) in [6.07, 6.45) is 3.67. The Labute approximate surface area is 144 Å². The first-order chi connectivity index (χ1) is 12.1. The second kappa shape index (κ2) is 5.94. The van der Waals surface area contributed by atoms with E-state index >= 15 is 0 Å². The molecule has 7 nitrogen and oxygen atoms in total. The van der Waals surface area contributed by atoms with Gasteiger partial charge in [-0.1, -0.05) is 12.1 Å². The van der Waals surface area contributed by atoms with Crippen molar-refractivity contribution in [3.8, 4) is 11.4 Å². The Kier molecular flexibility index (Phi) is 3.61. The number of methoxy groups -OCH3 is 1. The third kappa shape index (κ3) is 2.80. The van der Waals surface area contributed by atoms with Gasteiger partial charge in [-0.15, -0.1) is 0 Å². The van der Waals surface area contributed by atoms with Gasteiger partial charge in [0.05, 0.1) is 12.8 Å². The lowest BCUT2D eigenvalue weighted by atomic mass is 10.2. The number of ether oxygens (including phenoxy) is 1. The molecule has 4 aromatic rings. The first kappa shape index (κ1) is 15.2. The molecule has 0 bridgehead atoms. The van der Waals surface area contributed by atoms with E-state index in [1.54, 1.807) is 18.1 Å². The molecule has 0 unspecified atom stereocenters. The number of fused-ring (bicyclic) bond motifs is 1. The Bertz CT molecular complexity index is 1050. The van der Waals surface area contributed by atoms with Crippen molar-refractivity contribution in [2.45, 2.75) is 6.92 Å². The number of hydrogen-bond acceptors (Lipinski definition) is 5. The topological polar surface area (TPSA) is 69.8 Å². The number of hydrogen-bond donors (Lipinski definition) is 1. The summed E-state index contributed by atoms with van der Waals surface area (Å²) in [6, 6.07) is 11.9. The van der Waals surface area contributed by atoms with Gasteiger partial charge in [-0.2, -0.15) is 10.2 Å². The lowest BCUT2D eigenvalue weighted by Crippen LogP contribution is -2.00. The SMILES string of the molecule is COc1cc(Nc2cccc3cn(C)nc23)ccc1-n1cnc(C)n1. The highest BCUT2D eigenvalue weighted by atomic mass is 16.5. The van der Waals surface area contributed by atoms with Crippen LogP contribution < -0.4 is 10.1 Å². The highest BCUT2D eigenvalue weighted by Gasteiger charge is 2.10. The molecule has 0 aliphatic carbocycles. The van der Waals surface area contributed by atoms with Crippen LogP contribution in [0.15, 0.2) is 48.9 Å². The van der Waals surface area contributed by atoms with E-state index in [9.17, 15) is 0 Å². The Morgan fingerprint density at radius 1 is 1.12 bits per heavy atom. The van der Waals surface area contributed by atoms with Gasteiger partial charge in [0, 0.05) is 30.4 Å². The van der Waals surface area contributed by atoms with Gasteiger partial charge in [0.1, 0.15) is 29.1 Å². The molecule has 1 N–H and O–H groups in total. The van der Waals surface area contributed by atoms with Gasteiger partial charge in [0.2, 0.25) is 0 Å². The molecule has 0 spiro atoms. The van der Waals surface area contributed by atoms with E-state index in [-0.39, 0.29) is 0 Å². The Hall–Kier alpha value is -3.35. The Morgan fingerprint density at radius 2 is 2.00 bits per heavy atom. The van der Waals surface area contributed by atoms with Crippen LogP contribution in [-0.4, -0.2) is 31.7 Å². The summed E-state index contributed by atoms with van der Waals surface area (Å²) in [6.45, 7) is 1.85. The molecular weight excluding hydrogens is 316 g/mol. The van der Waals surface area contributed by atoms with Gasteiger partial charge >= 0.3 is 0 Å². The summed E-state index contributed by atoms with van der Waals surface area (Å²) >= 11 is 0. The van der Waals surface area contributed by atoms with E-state index in [2.05, 4.69) is 20.5 Å². The number of rotatable bonds is 4. The predicted octanol–water partition coefficient (Wildman–Crippen LogP) is 3.21. The molecule has 0 aliphatic rings. The molecule has 0 aliphatic heterocycles. The van der Waals surface area contributed by atoms with Crippen molar-refractivity contribution in [2.24, 2.45) is 7.05 Å². The molecule has 0 saturated carbocycles. The molecule has 2 heterocycles. The van der Waals surface area contributed by atoms with Gasteiger partial charge in [0.25, 0.3) is 0 Å². The van der Waals surface area contributed by atoms with Gasteiger partial charge in [-0.25, -0.2) is 9.67 Å². The Balaban J connectivity index is 1.71. The predicted molar refractivity (Wildman–Crippen MR) is 96.6 cm³/mol. The van der Waals surface area contributed by atoms with E-state index in [1.165, 1.54) is 0 Å². The average molecular weight is 334 g/mol. The minimum absolute atomic E-state index is 0.711. The summed E-state index contributed by atoms with van der Waals surface area (Å²) in [5.41, 5.74) is 3.63. The fourth-order valence-corrected chi connectivity index (χ4v) is 2.83. The lowest BCUT2D eigenvalue weighted by molar-refractivity contribution is 0.412. The maximum atomic E-state index is 5.53. The van der Waals surface area contributed by atoms with Crippen molar-refractivity contribution in [1.29, 1.82) is 0 Å². The van der Waals surface area contributed by atoms with E-state index < -0.39 is 0 Å². The van der Waals surface area contributed by atoms with Crippen molar-refractivity contribution < 1.29 is 4.74 Å². The van der Waals surface area contributed by atoms with Gasteiger partial charge < -0.3 is 10.1 Å². The fraction of sp³-hybridized carbons (Fsp3) is 0.167. The number of anilines is 2. The van der Waals surface area contributed by atoms with Crippen LogP contribution in [0.1, 0.15) is 5.82 Å². The molecule has 2 aromatic heterocycles. The van der Waals surface area contributed by atoms with Crippen LogP contribution in [0.4, 0.5) is 11.4 Å². The second-order valence-electron chi connectivity index (χ2n) is 5.79. The molecule has 0 fully saturated rings. The summed E-state index contributed by atoms with van der Waals surface area (Å²) in [5.74, 6) is 1.43. The van der Waals surface area contributed by atoms with Crippen LogP contribution in [0.2, 0.25) is 0 Å². The van der Waals surface area contributed by atoms with Gasteiger partial charge in [-0.3, -0.25) is 4.68 Å². The number of aromatic nitrogens is 5. The lowest BCUT2D eigenvalue weighted by Gasteiger charge is -2.12. The standard InChI is InChI=1S/C18H18N6O/c1-12-19-11-24(21-12)16-8-7-14(9-17(16)25-3)20-15-6-4-5-13-10-23(2)22-18(13)15/h4-11,20H,1-3H3. The van der Waals surface area contributed by atoms with Crippen molar-refractivity contribution in [1.82, 2.24) is 24.5 Å². The summed E-state index contributed by atoms with van der Waals surface area (Å²) < 4.78 is 9.05. The van der Waals surface area contributed by atoms with Crippen LogP contribution in [0, 0.1) is 6.92 Å². The first-order valence-corrected chi connectivity index (χ1v) is 7.90. The maximum Gasteiger partial charge on any atom is 0.147 e. The van der Waals surface area contributed by atoms with Crippen molar-refractivity contribution in [2.75, 3.05) is 12.4 Å². The zero-order valence-electron chi connectivity index (χ0n) is 14.3. The molecule has 2 aromatic carbocycles. The number of nitrogens with zero attached hydrogens (tertiary/aromatic N) is 5. The zero-order valence-corrected chi connectivity index (χ0v) is 14.3. The van der Waals surface area contributed by atoms with E-state index in [0.29, 0.717) is 11.6 Å². The molecule has 0 amide bonds. The van der Waals surface area contributed by atoms with Crippen LogP contribution in [0.5, 0.6) is 5.75 Å². The highest BCUT2D eigenvalue weighted by Crippen LogP contribution is 2.30. The normalized spacial score (nSPS) is 11.0. The number of aryl methyl sites for hydroxylation is 2. The smallest absolute Gasteiger partial charge is 0.147 e. The van der Waals surface area contributed by atoms with E-state index in [1.807, 2.05) is 61.2 Å². The monoisotopic (exact) mass is 334 g/mol. The van der Waals surface area contributed by atoms with Crippen molar-refractivity contribution in [3.63, 3.8) is 0 Å². The molecule has 25 heavy (non-hydrogen) atoms. The van der Waals surface area contributed by atoms with Crippen molar-refractivity contribution in [3.05, 3.63) is 54.7 Å².